The van der Waals surface area contributed by atoms with Crippen molar-refractivity contribution in [3.05, 3.63) is 132 Å². The number of nitriles is 1. The van der Waals surface area contributed by atoms with E-state index in [2.05, 4.69) is 4.98 Å². The molecular weight excluding hydrogens is 592 g/mol. The van der Waals surface area contributed by atoms with Crippen LogP contribution in [0.4, 0.5) is 17.6 Å². The molecule has 214 valence electrons. The number of fused-ring (bicyclic) bond motifs is 2. The number of pyridine rings is 2. The number of hydrogen-bond acceptors (Lipinski definition) is 5. The molecule has 4 heterocycles. The molecule has 2 aromatic carbocycles. The average molecular weight is 607 g/mol. The number of rotatable bonds is 4. The normalized spacial score (nSPS) is 11.4. The summed E-state index contributed by atoms with van der Waals surface area (Å²) in [6, 6.07) is 11.1. The summed E-state index contributed by atoms with van der Waals surface area (Å²) >= 11 is 6.39. The quantitative estimate of drug-likeness (QED) is 0.220. The van der Waals surface area contributed by atoms with Crippen LogP contribution in [0.25, 0.3) is 33.6 Å². The second kappa shape index (κ2) is 10.1. The topological polar surface area (TPSA) is 107 Å². The lowest BCUT2D eigenvalue weighted by molar-refractivity contribution is 0.444. The van der Waals surface area contributed by atoms with Gasteiger partial charge in [0.05, 0.1) is 35.6 Å². The second-order valence-corrected chi connectivity index (χ2v) is 9.94. The standard InChI is InChI=1S/C29H15ClF4N6O3/c1-37-21(17-6-14(11-35)2-3-18(17)30)10-22-25(27(37)41)28(42)40(24-12-36-23-9-16(31)4-5-38(23)24)29(43)39(22)13-15-7-19(32)26(34)20(33)8-15/h2-10,12H,13H2,1H3. The average Bonchev–Trinajstić information content (AvgIpc) is 3.38. The smallest absolute Gasteiger partial charge is 0.310 e. The van der Waals surface area contributed by atoms with Crippen LogP contribution in [0.5, 0.6) is 0 Å². The molecule has 4 aromatic heterocycles. The van der Waals surface area contributed by atoms with E-state index in [1.807, 2.05) is 6.07 Å². The first-order valence-electron chi connectivity index (χ1n) is 12.4. The van der Waals surface area contributed by atoms with E-state index >= 15 is 0 Å². The van der Waals surface area contributed by atoms with Crippen molar-refractivity contribution >= 4 is 28.2 Å². The zero-order valence-electron chi connectivity index (χ0n) is 21.8. The molecule has 0 bridgehead atoms. The summed E-state index contributed by atoms with van der Waals surface area (Å²) in [5, 5.41) is 9.05. The van der Waals surface area contributed by atoms with Gasteiger partial charge < -0.3 is 4.57 Å². The number of aromatic nitrogens is 5. The van der Waals surface area contributed by atoms with Crippen molar-refractivity contribution in [2.24, 2.45) is 7.05 Å². The third-order valence-electron chi connectivity index (χ3n) is 6.98. The van der Waals surface area contributed by atoms with E-state index in [-0.39, 0.29) is 44.4 Å². The van der Waals surface area contributed by atoms with Crippen molar-refractivity contribution < 1.29 is 17.6 Å². The van der Waals surface area contributed by atoms with Gasteiger partial charge in [0.15, 0.2) is 17.5 Å². The van der Waals surface area contributed by atoms with Gasteiger partial charge >= 0.3 is 5.69 Å². The van der Waals surface area contributed by atoms with E-state index in [9.17, 15) is 37.2 Å². The third-order valence-corrected chi connectivity index (χ3v) is 7.31. The highest BCUT2D eigenvalue weighted by Crippen LogP contribution is 2.29. The van der Waals surface area contributed by atoms with Crippen LogP contribution < -0.4 is 16.8 Å². The number of imidazole rings is 1. The molecule has 0 aliphatic rings. The van der Waals surface area contributed by atoms with E-state index < -0.39 is 52.0 Å². The molecule has 0 aliphatic heterocycles. The predicted octanol–water partition coefficient (Wildman–Crippen LogP) is 4.30. The Balaban J connectivity index is 1.74. The van der Waals surface area contributed by atoms with Crippen LogP contribution in [0.1, 0.15) is 11.1 Å². The summed E-state index contributed by atoms with van der Waals surface area (Å²) in [7, 11) is 1.35. The van der Waals surface area contributed by atoms with Crippen molar-refractivity contribution in [2.45, 2.75) is 6.54 Å². The summed E-state index contributed by atoms with van der Waals surface area (Å²) in [6.07, 6.45) is 2.35. The Morgan fingerprint density at radius 1 is 0.953 bits per heavy atom. The van der Waals surface area contributed by atoms with Crippen molar-refractivity contribution in [3.63, 3.8) is 0 Å². The molecule has 0 spiro atoms. The molecule has 0 N–H and O–H groups in total. The highest BCUT2D eigenvalue weighted by Gasteiger charge is 2.23. The Bertz CT molecular complexity index is 2360. The zero-order valence-corrected chi connectivity index (χ0v) is 22.5. The summed E-state index contributed by atoms with van der Waals surface area (Å²) in [6.45, 7) is -0.603. The molecule has 6 rings (SSSR count). The van der Waals surface area contributed by atoms with Gasteiger partial charge in [-0.05, 0) is 48.0 Å². The second-order valence-electron chi connectivity index (χ2n) is 9.53. The zero-order chi connectivity index (χ0) is 30.7. The van der Waals surface area contributed by atoms with Crippen LogP contribution in [0.15, 0.2) is 75.3 Å². The summed E-state index contributed by atoms with van der Waals surface area (Å²) in [5.74, 6) is -5.52. The Labute approximate surface area is 242 Å². The van der Waals surface area contributed by atoms with Crippen molar-refractivity contribution in [1.82, 2.24) is 23.1 Å². The van der Waals surface area contributed by atoms with Crippen LogP contribution >= 0.6 is 11.6 Å². The summed E-state index contributed by atoms with van der Waals surface area (Å²) in [5.41, 5.74) is -2.79. The van der Waals surface area contributed by atoms with Gasteiger partial charge in [0.2, 0.25) is 0 Å². The van der Waals surface area contributed by atoms with Gasteiger partial charge in [0.1, 0.15) is 22.7 Å². The monoisotopic (exact) mass is 606 g/mol. The molecule has 14 heteroatoms. The molecule has 0 saturated heterocycles. The van der Waals surface area contributed by atoms with Crippen molar-refractivity contribution in [2.75, 3.05) is 0 Å². The lowest BCUT2D eigenvalue weighted by Gasteiger charge is -2.17. The van der Waals surface area contributed by atoms with Gasteiger partial charge in [-0.1, -0.05) is 11.6 Å². The van der Waals surface area contributed by atoms with Crippen LogP contribution in [-0.2, 0) is 13.6 Å². The maximum Gasteiger partial charge on any atom is 0.337 e. The lowest BCUT2D eigenvalue weighted by atomic mass is 10.1. The predicted molar refractivity (Wildman–Crippen MR) is 148 cm³/mol. The van der Waals surface area contributed by atoms with Crippen LogP contribution in [-0.4, -0.2) is 23.1 Å². The van der Waals surface area contributed by atoms with Gasteiger partial charge in [-0.2, -0.15) is 5.26 Å². The Kier molecular flexibility index (Phi) is 6.51. The highest BCUT2D eigenvalue weighted by molar-refractivity contribution is 6.33. The minimum absolute atomic E-state index is 0.0471. The number of benzene rings is 2. The minimum Gasteiger partial charge on any atom is -0.310 e. The van der Waals surface area contributed by atoms with Gasteiger partial charge in [-0.3, -0.25) is 18.6 Å². The third kappa shape index (κ3) is 4.39. The fraction of sp³-hybridized carbons (Fsp3) is 0.0690. The largest absolute Gasteiger partial charge is 0.337 e. The van der Waals surface area contributed by atoms with E-state index in [4.69, 9.17) is 11.6 Å². The SMILES string of the molecule is Cn1c(-c2cc(C#N)ccc2Cl)cc2c(c1=O)c(=O)n(-c1cnc3cc(F)ccn13)c(=O)n2Cc1cc(F)c(F)c(F)c1. The Hall–Kier alpha value is -5.48. The minimum atomic E-state index is -1.72. The van der Waals surface area contributed by atoms with E-state index in [1.54, 1.807) is 0 Å². The van der Waals surface area contributed by atoms with E-state index in [0.717, 1.165) is 27.5 Å². The highest BCUT2D eigenvalue weighted by atomic mass is 35.5. The lowest BCUT2D eigenvalue weighted by Crippen LogP contribution is -2.42. The molecule has 9 nitrogen and oxygen atoms in total. The van der Waals surface area contributed by atoms with Crippen molar-refractivity contribution in [1.29, 1.82) is 5.26 Å². The number of halogens is 5. The number of nitrogens with zero attached hydrogens (tertiary/aromatic N) is 6. The summed E-state index contributed by atoms with van der Waals surface area (Å²) < 4.78 is 59.7. The van der Waals surface area contributed by atoms with E-state index in [1.165, 1.54) is 41.9 Å². The van der Waals surface area contributed by atoms with Crippen LogP contribution in [0, 0.1) is 34.6 Å². The van der Waals surface area contributed by atoms with Crippen LogP contribution in [0.3, 0.4) is 0 Å². The first-order valence-corrected chi connectivity index (χ1v) is 12.7. The number of hydrogen-bond donors (Lipinski definition) is 0. The van der Waals surface area contributed by atoms with Crippen LogP contribution in [0.2, 0.25) is 5.02 Å². The maximum absolute atomic E-state index is 14.2. The molecular formula is C29H15ClF4N6O3. The first-order chi connectivity index (χ1) is 20.5. The molecule has 0 atom stereocenters. The first kappa shape index (κ1) is 27.7. The molecule has 0 fully saturated rings. The molecule has 6 aromatic rings. The Morgan fingerprint density at radius 2 is 1.67 bits per heavy atom. The molecule has 0 amide bonds. The molecule has 0 unspecified atom stereocenters. The molecule has 0 radical (unpaired) electrons. The fourth-order valence-corrected chi connectivity index (χ4v) is 5.13. The van der Waals surface area contributed by atoms with Gasteiger partial charge in [0, 0.05) is 29.9 Å². The van der Waals surface area contributed by atoms with Gasteiger partial charge in [0.25, 0.3) is 11.1 Å². The molecule has 0 aliphatic carbocycles. The van der Waals surface area contributed by atoms with Gasteiger partial charge in [-0.15, -0.1) is 0 Å². The van der Waals surface area contributed by atoms with Gasteiger partial charge in [-0.25, -0.2) is 31.9 Å². The fourth-order valence-electron chi connectivity index (χ4n) is 4.92. The Morgan fingerprint density at radius 3 is 2.37 bits per heavy atom. The van der Waals surface area contributed by atoms with Crippen molar-refractivity contribution in [3.8, 4) is 23.1 Å². The molecule has 0 saturated carbocycles. The van der Waals surface area contributed by atoms with E-state index in [0.29, 0.717) is 16.7 Å². The maximum atomic E-state index is 14.2. The molecule has 43 heavy (non-hydrogen) atoms. The summed E-state index contributed by atoms with van der Waals surface area (Å²) in [4.78, 5) is 45.7.